The van der Waals surface area contributed by atoms with Crippen molar-refractivity contribution in [3.8, 4) is 11.5 Å². The summed E-state index contributed by atoms with van der Waals surface area (Å²) in [7, 11) is 0. The standard InChI is InChI=1S/C18H11Cl2F3N2O2/c19-13-5-4-11(7-14(13)20)17-25-15(9-27-17)16(26)24-8-10-2-1-3-12(6-10)18(21,22)23/h1-7,9H,8H2,(H,24,26). The number of alkyl halides is 3. The maximum atomic E-state index is 12.7. The Bertz CT molecular complexity index is 987. The largest absolute Gasteiger partial charge is 0.444 e. The molecule has 0 aliphatic heterocycles. The molecule has 0 saturated carbocycles. The van der Waals surface area contributed by atoms with E-state index in [1.165, 1.54) is 12.1 Å². The van der Waals surface area contributed by atoms with Crippen LogP contribution in [-0.2, 0) is 12.7 Å². The molecular formula is C18H11Cl2F3N2O2. The van der Waals surface area contributed by atoms with Crippen LogP contribution in [0.1, 0.15) is 21.6 Å². The number of amides is 1. The quantitative estimate of drug-likeness (QED) is 0.604. The number of oxazole rings is 1. The zero-order valence-electron chi connectivity index (χ0n) is 13.5. The minimum Gasteiger partial charge on any atom is -0.444 e. The molecular weight excluding hydrogens is 404 g/mol. The molecule has 0 saturated heterocycles. The number of nitrogens with one attached hydrogen (secondary N) is 1. The van der Waals surface area contributed by atoms with Crippen molar-refractivity contribution >= 4 is 29.1 Å². The molecule has 140 valence electrons. The summed E-state index contributed by atoms with van der Waals surface area (Å²) in [5, 5.41) is 3.18. The Kier molecular flexibility index (Phi) is 5.43. The number of carbonyl (C=O) groups excluding carboxylic acids is 1. The van der Waals surface area contributed by atoms with Gasteiger partial charge in [-0.15, -0.1) is 0 Å². The second-order valence-corrected chi connectivity index (χ2v) is 6.36. The number of hydrogen-bond donors (Lipinski definition) is 1. The van der Waals surface area contributed by atoms with Crippen LogP contribution in [0.3, 0.4) is 0 Å². The number of nitrogens with zero attached hydrogens (tertiary/aromatic N) is 1. The highest BCUT2D eigenvalue weighted by atomic mass is 35.5. The van der Waals surface area contributed by atoms with Gasteiger partial charge in [-0.05, 0) is 35.9 Å². The Morgan fingerprint density at radius 3 is 2.59 bits per heavy atom. The molecule has 0 bridgehead atoms. The molecule has 1 N–H and O–H groups in total. The van der Waals surface area contributed by atoms with E-state index in [1.54, 1.807) is 18.2 Å². The van der Waals surface area contributed by atoms with E-state index in [2.05, 4.69) is 10.3 Å². The predicted molar refractivity (Wildman–Crippen MR) is 94.6 cm³/mol. The van der Waals surface area contributed by atoms with Crippen molar-refractivity contribution < 1.29 is 22.4 Å². The molecule has 1 heterocycles. The number of hydrogen-bond acceptors (Lipinski definition) is 3. The fourth-order valence-electron chi connectivity index (χ4n) is 2.27. The highest BCUT2D eigenvalue weighted by molar-refractivity contribution is 6.42. The maximum Gasteiger partial charge on any atom is 0.416 e. The predicted octanol–water partition coefficient (Wildman–Crippen LogP) is 5.60. The smallest absolute Gasteiger partial charge is 0.416 e. The number of halogens is 5. The molecule has 27 heavy (non-hydrogen) atoms. The van der Waals surface area contributed by atoms with Gasteiger partial charge < -0.3 is 9.73 Å². The summed E-state index contributed by atoms with van der Waals surface area (Å²) in [6.07, 6.45) is -3.29. The van der Waals surface area contributed by atoms with Gasteiger partial charge in [0.25, 0.3) is 5.91 Å². The van der Waals surface area contributed by atoms with Crippen molar-refractivity contribution in [2.24, 2.45) is 0 Å². The Morgan fingerprint density at radius 2 is 1.89 bits per heavy atom. The van der Waals surface area contributed by atoms with E-state index in [1.807, 2.05) is 0 Å². The summed E-state index contributed by atoms with van der Waals surface area (Å²) < 4.78 is 43.4. The zero-order chi connectivity index (χ0) is 19.6. The molecule has 9 heteroatoms. The summed E-state index contributed by atoms with van der Waals surface area (Å²) in [6.45, 7) is -0.0856. The van der Waals surface area contributed by atoms with Crippen LogP contribution in [0.4, 0.5) is 13.2 Å². The lowest BCUT2D eigenvalue weighted by molar-refractivity contribution is -0.137. The summed E-state index contributed by atoms with van der Waals surface area (Å²) in [6, 6.07) is 9.44. The first-order valence-electron chi connectivity index (χ1n) is 7.59. The summed E-state index contributed by atoms with van der Waals surface area (Å²) in [4.78, 5) is 16.2. The van der Waals surface area contributed by atoms with Gasteiger partial charge >= 0.3 is 6.18 Å². The fourth-order valence-corrected chi connectivity index (χ4v) is 2.57. The zero-order valence-corrected chi connectivity index (χ0v) is 15.0. The molecule has 0 atom stereocenters. The third-order valence-corrected chi connectivity index (χ3v) is 4.35. The van der Waals surface area contributed by atoms with E-state index < -0.39 is 17.6 Å². The normalized spacial score (nSPS) is 11.4. The molecule has 3 rings (SSSR count). The first-order valence-corrected chi connectivity index (χ1v) is 8.35. The van der Waals surface area contributed by atoms with E-state index >= 15 is 0 Å². The van der Waals surface area contributed by atoms with Crippen molar-refractivity contribution in [3.05, 3.63) is 75.6 Å². The van der Waals surface area contributed by atoms with Crippen molar-refractivity contribution in [2.75, 3.05) is 0 Å². The average Bonchev–Trinajstić information content (AvgIpc) is 3.12. The van der Waals surface area contributed by atoms with E-state index in [4.69, 9.17) is 27.6 Å². The van der Waals surface area contributed by atoms with Gasteiger partial charge in [0.15, 0.2) is 5.69 Å². The topological polar surface area (TPSA) is 55.1 Å². The average molecular weight is 415 g/mol. The van der Waals surface area contributed by atoms with E-state index in [-0.39, 0.29) is 18.1 Å². The lowest BCUT2D eigenvalue weighted by Gasteiger charge is -2.09. The van der Waals surface area contributed by atoms with Crippen LogP contribution in [-0.4, -0.2) is 10.9 Å². The highest BCUT2D eigenvalue weighted by Gasteiger charge is 2.30. The minimum atomic E-state index is -4.44. The SMILES string of the molecule is O=C(NCc1cccc(C(F)(F)F)c1)c1coc(-c2ccc(Cl)c(Cl)c2)n1. The van der Waals surface area contributed by atoms with Crippen LogP contribution in [0.5, 0.6) is 0 Å². The van der Waals surface area contributed by atoms with Gasteiger partial charge in [0.05, 0.1) is 15.6 Å². The summed E-state index contributed by atoms with van der Waals surface area (Å²) in [5.41, 5.74) is 0.0494. The number of benzene rings is 2. The third-order valence-electron chi connectivity index (χ3n) is 3.61. The van der Waals surface area contributed by atoms with Crippen molar-refractivity contribution in [1.29, 1.82) is 0 Å². The second kappa shape index (κ2) is 7.62. The molecule has 1 aromatic heterocycles. The van der Waals surface area contributed by atoms with E-state index in [0.29, 0.717) is 21.2 Å². The highest BCUT2D eigenvalue weighted by Crippen LogP contribution is 2.30. The fraction of sp³-hybridized carbons (Fsp3) is 0.111. The Labute approximate surface area is 161 Å². The molecule has 0 radical (unpaired) electrons. The van der Waals surface area contributed by atoms with E-state index in [9.17, 15) is 18.0 Å². The van der Waals surface area contributed by atoms with Gasteiger partial charge in [-0.1, -0.05) is 35.3 Å². The molecule has 0 fully saturated rings. The van der Waals surface area contributed by atoms with Gasteiger partial charge in [0, 0.05) is 12.1 Å². The molecule has 0 spiro atoms. The van der Waals surface area contributed by atoms with Crippen LogP contribution < -0.4 is 5.32 Å². The van der Waals surface area contributed by atoms with Crippen LogP contribution in [0.2, 0.25) is 10.0 Å². The van der Waals surface area contributed by atoms with Gasteiger partial charge in [0.1, 0.15) is 6.26 Å². The lowest BCUT2D eigenvalue weighted by atomic mass is 10.1. The van der Waals surface area contributed by atoms with Crippen LogP contribution in [0.25, 0.3) is 11.5 Å². The summed E-state index contributed by atoms with van der Waals surface area (Å²) >= 11 is 11.8. The Balaban J connectivity index is 1.69. The maximum absolute atomic E-state index is 12.7. The van der Waals surface area contributed by atoms with Gasteiger partial charge in [-0.25, -0.2) is 4.98 Å². The molecule has 4 nitrogen and oxygen atoms in total. The van der Waals surface area contributed by atoms with Crippen LogP contribution >= 0.6 is 23.2 Å². The van der Waals surface area contributed by atoms with Gasteiger partial charge in [0.2, 0.25) is 5.89 Å². The number of rotatable bonds is 4. The minimum absolute atomic E-state index is 0.0111. The van der Waals surface area contributed by atoms with Crippen LogP contribution in [0, 0.1) is 0 Å². The number of aromatic nitrogens is 1. The number of carbonyl (C=O) groups is 1. The van der Waals surface area contributed by atoms with Crippen LogP contribution in [0.15, 0.2) is 53.1 Å². The molecule has 1 amide bonds. The Morgan fingerprint density at radius 1 is 1.11 bits per heavy atom. The van der Waals surface area contributed by atoms with E-state index in [0.717, 1.165) is 18.4 Å². The molecule has 2 aromatic carbocycles. The van der Waals surface area contributed by atoms with Crippen molar-refractivity contribution in [3.63, 3.8) is 0 Å². The summed E-state index contributed by atoms with van der Waals surface area (Å²) in [5.74, 6) is -0.416. The monoisotopic (exact) mass is 414 g/mol. The molecule has 0 aliphatic rings. The van der Waals surface area contributed by atoms with Crippen molar-refractivity contribution in [1.82, 2.24) is 10.3 Å². The Hall–Kier alpha value is -2.51. The third kappa shape index (κ3) is 4.61. The molecule has 3 aromatic rings. The van der Waals surface area contributed by atoms with Crippen molar-refractivity contribution in [2.45, 2.75) is 12.7 Å². The second-order valence-electron chi connectivity index (χ2n) is 5.55. The first kappa shape index (κ1) is 19.3. The van der Waals surface area contributed by atoms with Gasteiger partial charge in [-0.3, -0.25) is 4.79 Å². The molecule has 0 unspecified atom stereocenters. The molecule has 0 aliphatic carbocycles. The first-order chi connectivity index (χ1) is 12.7. The van der Waals surface area contributed by atoms with Gasteiger partial charge in [-0.2, -0.15) is 13.2 Å². The lowest BCUT2D eigenvalue weighted by Crippen LogP contribution is -2.23.